The van der Waals surface area contributed by atoms with Crippen molar-refractivity contribution in [2.24, 2.45) is 0 Å². The summed E-state index contributed by atoms with van der Waals surface area (Å²) in [6, 6.07) is 1.32. The second-order valence-corrected chi connectivity index (χ2v) is 3.67. The van der Waals surface area contributed by atoms with Gasteiger partial charge in [0, 0.05) is 25.7 Å². The molecule has 2 bridgehead atoms. The summed E-state index contributed by atoms with van der Waals surface area (Å²) in [5, 5.41) is 9.37. The molecule has 2 saturated heterocycles. The minimum atomic E-state index is -0.0250. The summed E-state index contributed by atoms with van der Waals surface area (Å²) in [4.78, 5) is 1.42. The molecule has 2 aliphatic heterocycles. The molecule has 2 atom stereocenters. The normalized spacial score (nSPS) is 53.4. The van der Waals surface area contributed by atoms with E-state index in [1.807, 2.05) is 0 Å². The summed E-state index contributed by atoms with van der Waals surface area (Å²) >= 11 is 0. The Morgan fingerprint density at radius 1 is 1.20 bits per heavy atom. The molecule has 2 heterocycles. The predicted molar refractivity (Wildman–Crippen MR) is 38.4 cm³/mol. The topological polar surface area (TPSA) is 24.7 Å². The number of rotatable bonds is 0. The van der Waals surface area contributed by atoms with Gasteiger partial charge < -0.3 is 10.0 Å². The van der Waals surface area contributed by atoms with Crippen molar-refractivity contribution >= 4 is 0 Å². The Morgan fingerprint density at radius 2 is 1.70 bits per heavy atom. The molecule has 10 heavy (non-hydrogen) atoms. The fourth-order valence-electron chi connectivity index (χ4n) is 2.40. The van der Waals surface area contributed by atoms with Gasteiger partial charge in [0.25, 0.3) is 0 Å². The summed E-state index contributed by atoms with van der Waals surface area (Å²) in [6.45, 7) is 0. The number of aliphatic hydroxyl groups excluding tert-OH is 1. The molecule has 2 nitrogen and oxygen atoms in total. The molecule has 0 aromatic heterocycles. The number of hydrogen-bond acceptors (Lipinski definition) is 1. The van der Waals surface area contributed by atoms with Crippen molar-refractivity contribution in [3.63, 3.8) is 0 Å². The van der Waals surface area contributed by atoms with Gasteiger partial charge in [0.2, 0.25) is 0 Å². The second-order valence-electron chi connectivity index (χ2n) is 3.67. The van der Waals surface area contributed by atoms with Gasteiger partial charge in [-0.1, -0.05) is 0 Å². The van der Waals surface area contributed by atoms with Crippen LogP contribution in [0, 0.1) is 7.05 Å². The van der Waals surface area contributed by atoms with Gasteiger partial charge in [-0.25, -0.2) is 0 Å². The Hall–Kier alpha value is -0.0800. The average Bonchev–Trinajstić information content (AvgIpc) is 2.20. The zero-order valence-corrected chi connectivity index (χ0v) is 6.21. The quantitative estimate of drug-likeness (QED) is 0.430. The molecular weight excluding hydrogens is 126 g/mol. The first-order valence-electron chi connectivity index (χ1n) is 4.14. The van der Waals surface area contributed by atoms with Gasteiger partial charge in [0.15, 0.2) is 0 Å². The van der Waals surface area contributed by atoms with Crippen molar-refractivity contribution in [3.8, 4) is 0 Å². The van der Waals surface area contributed by atoms with E-state index in [9.17, 15) is 5.11 Å². The molecule has 2 rings (SSSR count). The summed E-state index contributed by atoms with van der Waals surface area (Å²) in [6.07, 6.45) is 4.49. The highest BCUT2D eigenvalue weighted by Gasteiger charge is 2.38. The average molecular weight is 141 g/mol. The minimum absolute atomic E-state index is 0.0250. The zero-order valence-electron chi connectivity index (χ0n) is 6.21. The Bertz CT molecular complexity index is 123. The first-order chi connectivity index (χ1) is 4.77. The van der Waals surface area contributed by atoms with Crippen molar-refractivity contribution in [1.82, 2.24) is 0 Å². The lowest BCUT2D eigenvalue weighted by molar-refractivity contribution is -0.899. The largest absolute Gasteiger partial charge is 0.463 e. The van der Waals surface area contributed by atoms with Crippen LogP contribution in [0.3, 0.4) is 0 Å². The highest BCUT2D eigenvalue weighted by Crippen LogP contribution is 2.21. The number of nitrogens with one attached hydrogen (secondary N) is 1. The van der Waals surface area contributed by atoms with Gasteiger partial charge in [0.1, 0.15) is 0 Å². The minimum Gasteiger partial charge on any atom is -0.463 e. The van der Waals surface area contributed by atoms with Gasteiger partial charge in [-0.15, -0.1) is 0 Å². The third kappa shape index (κ3) is 0.867. The summed E-state index contributed by atoms with van der Waals surface area (Å²) in [5.74, 6) is 0. The van der Waals surface area contributed by atoms with E-state index in [-0.39, 0.29) is 6.10 Å². The number of hydrogen-bond donors (Lipinski definition) is 2. The molecule has 2 unspecified atom stereocenters. The van der Waals surface area contributed by atoms with Crippen LogP contribution in [0.1, 0.15) is 25.7 Å². The Balaban J connectivity index is 2.09. The van der Waals surface area contributed by atoms with E-state index in [1.54, 1.807) is 0 Å². The fourth-order valence-corrected chi connectivity index (χ4v) is 2.40. The number of fused-ring (bicyclic) bond motifs is 2. The molecule has 2 fully saturated rings. The number of piperidine rings is 1. The first-order valence-corrected chi connectivity index (χ1v) is 4.14. The summed E-state index contributed by atoms with van der Waals surface area (Å²) in [7, 11) is 4.06. The highest BCUT2D eigenvalue weighted by atomic mass is 16.3. The molecule has 0 amide bonds. The van der Waals surface area contributed by atoms with Crippen LogP contribution in [0.25, 0.3) is 0 Å². The molecule has 0 aromatic rings. The Labute approximate surface area is 61.8 Å². The van der Waals surface area contributed by atoms with E-state index in [1.165, 1.54) is 17.7 Å². The van der Waals surface area contributed by atoms with Crippen molar-refractivity contribution in [2.75, 3.05) is 0 Å². The lowest BCUT2D eigenvalue weighted by atomic mass is 10.0. The fraction of sp³-hybridized carbons (Fsp3) is 0.875. The molecule has 0 aromatic carbocycles. The van der Waals surface area contributed by atoms with Gasteiger partial charge in [0.05, 0.1) is 18.2 Å². The van der Waals surface area contributed by atoms with Crippen LogP contribution >= 0.6 is 0 Å². The monoisotopic (exact) mass is 141 g/mol. The summed E-state index contributed by atoms with van der Waals surface area (Å²) < 4.78 is 0. The second kappa shape index (κ2) is 2.21. The third-order valence-corrected chi connectivity index (χ3v) is 3.03. The molecule has 2 N–H and O–H groups in total. The molecule has 0 saturated carbocycles. The lowest BCUT2D eigenvalue weighted by Gasteiger charge is -2.36. The van der Waals surface area contributed by atoms with Crippen molar-refractivity contribution in [2.45, 2.75) is 43.9 Å². The molecular formula is C8H15NO. The van der Waals surface area contributed by atoms with E-state index in [2.05, 4.69) is 7.05 Å². The Kier molecular flexibility index (Phi) is 1.46. The van der Waals surface area contributed by atoms with Crippen LogP contribution in [-0.2, 0) is 0 Å². The first kappa shape index (κ1) is 6.62. The SMILES string of the molecule is [CH2-][NH+]1C2CCC1CC(O)C2. The number of aliphatic hydroxyl groups is 1. The van der Waals surface area contributed by atoms with E-state index in [0.29, 0.717) is 12.1 Å². The van der Waals surface area contributed by atoms with E-state index >= 15 is 0 Å². The molecule has 2 aliphatic rings. The molecule has 2 heteroatoms. The van der Waals surface area contributed by atoms with Gasteiger partial charge in [-0.05, 0) is 0 Å². The molecule has 0 aliphatic carbocycles. The lowest BCUT2D eigenvalue weighted by Crippen LogP contribution is -3.13. The van der Waals surface area contributed by atoms with E-state index in [4.69, 9.17) is 0 Å². The highest BCUT2D eigenvalue weighted by molar-refractivity contribution is 4.81. The van der Waals surface area contributed by atoms with Crippen molar-refractivity contribution in [1.29, 1.82) is 0 Å². The molecule has 0 radical (unpaired) electrons. The maximum absolute atomic E-state index is 9.37. The summed E-state index contributed by atoms with van der Waals surface area (Å²) in [5.41, 5.74) is 0. The maximum atomic E-state index is 9.37. The van der Waals surface area contributed by atoms with E-state index < -0.39 is 0 Å². The zero-order chi connectivity index (χ0) is 7.14. The maximum Gasteiger partial charge on any atom is 0.0664 e. The van der Waals surface area contributed by atoms with Crippen LogP contribution in [-0.4, -0.2) is 23.3 Å². The third-order valence-electron chi connectivity index (χ3n) is 3.03. The van der Waals surface area contributed by atoms with Crippen LogP contribution in [0.2, 0.25) is 0 Å². The molecule has 58 valence electrons. The van der Waals surface area contributed by atoms with Gasteiger partial charge in [-0.3, -0.25) is 0 Å². The standard InChI is InChI=1S/C8H15NO/c1-9-6-2-3-7(9)5-8(10)4-6/h6-10H,1-5H2. The van der Waals surface area contributed by atoms with Gasteiger partial charge >= 0.3 is 0 Å². The predicted octanol–water partition coefficient (Wildman–Crippen LogP) is -0.651. The van der Waals surface area contributed by atoms with Crippen LogP contribution in [0.5, 0.6) is 0 Å². The van der Waals surface area contributed by atoms with Crippen LogP contribution in [0.15, 0.2) is 0 Å². The van der Waals surface area contributed by atoms with Gasteiger partial charge in [-0.2, -0.15) is 7.05 Å². The van der Waals surface area contributed by atoms with Crippen LogP contribution < -0.4 is 4.90 Å². The molecule has 0 spiro atoms. The Morgan fingerprint density at radius 3 is 2.20 bits per heavy atom. The van der Waals surface area contributed by atoms with Crippen molar-refractivity contribution < 1.29 is 10.0 Å². The number of quaternary nitrogens is 1. The van der Waals surface area contributed by atoms with Crippen LogP contribution in [0.4, 0.5) is 0 Å². The van der Waals surface area contributed by atoms with Crippen molar-refractivity contribution in [3.05, 3.63) is 7.05 Å². The van der Waals surface area contributed by atoms with E-state index in [0.717, 1.165) is 12.8 Å². The smallest absolute Gasteiger partial charge is 0.0664 e.